The van der Waals surface area contributed by atoms with E-state index in [9.17, 15) is 0 Å². The molecule has 1 aromatic heterocycles. The summed E-state index contributed by atoms with van der Waals surface area (Å²) in [6, 6.07) is 3.76. The van der Waals surface area contributed by atoms with Crippen molar-refractivity contribution in [2.75, 3.05) is 0 Å². The number of nitrogens with one attached hydrogen (secondary N) is 2. The minimum absolute atomic E-state index is 0. The standard InChI is InChI=1S/C6H8N4S.Cu.Ni/c7-6(11)10-9-4-5-2-1-3-8-5;;/h1-4,8H,(H3,7,10,11);;/q;2*+2/b9-4+;;. The molecule has 0 amide bonds. The molecule has 1 heterocycles. The minimum atomic E-state index is 0. The summed E-state index contributed by atoms with van der Waals surface area (Å²) in [6.45, 7) is 0. The van der Waals surface area contributed by atoms with Gasteiger partial charge in [-0.15, -0.1) is 0 Å². The van der Waals surface area contributed by atoms with Gasteiger partial charge in [0.05, 0.1) is 11.9 Å². The molecule has 0 unspecified atom stereocenters. The van der Waals surface area contributed by atoms with Gasteiger partial charge in [-0.1, -0.05) is 0 Å². The Morgan fingerprint density at radius 1 is 1.69 bits per heavy atom. The van der Waals surface area contributed by atoms with E-state index < -0.39 is 0 Å². The molecule has 0 fully saturated rings. The first-order valence-electron chi connectivity index (χ1n) is 3.01. The van der Waals surface area contributed by atoms with Gasteiger partial charge in [-0.3, -0.25) is 5.43 Å². The summed E-state index contributed by atoms with van der Waals surface area (Å²) in [5, 5.41) is 3.90. The molecule has 1 aromatic rings. The third kappa shape index (κ3) is 6.78. The molecular formula is C6H8CuN4NiS+4. The van der Waals surface area contributed by atoms with Gasteiger partial charge in [0.25, 0.3) is 0 Å². The fourth-order valence-electron chi connectivity index (χ4n) is 0.590. The van der Waals surface area contributed by atoms with Gasteiger partial charge in [-0.2, -0.15) is 5.10 Å². The second-order valence-electron chi connectivity index (χ2n) is 1.86. The predicted octanol–water partition coefficient (Wildman–Crippen LogP) is 0.177. The molecule has 0 atom stereocenters. The number of nitrogens with two attached hydrogens (primary N) is 1. The van der Waals surface area contributed by atoms with Gasteiger partial charge >= 0.3 is 33.6 Å². The molecule has 0 saturated carbocycles. The van der Waals surface area contributed by atoms with E-state index in [-0.39, 0.29) is 38.7 Å². The molecule has 0 aliphatic rings. The number of thiocarbonyl (C=S) groups is 1. The zero-order chi connectivity index (χ0) is 8.10. The summed E-state index contributed by atoms with van der Waals surface area (Å²) in [6.07, 6.45) is 3.40. The summed E-state index contributed by atoms with van der Waals surface area (Å²) in [5.74, 6) is 0. The molecule has 13 heavy (non-hydrogen) atoms. The topological polar surface area (TPSA) is 66.2 Å². The molecule has 1 radical (unpaired) electrons. The average Bonchev–Trinajstić information content (AvgIpc) is 2.39. The summed E-state index contributed by atoms with van der Waals surface area (Å²) in [5.41, 5.74) is 8.47. The van der Waals surface area contributed by atoms with Crippen molar-refractivity contribution in [3.8, 4) is 0 Å². The van der Waals surface area contributed by atoms with Crippen LogP contribution in [0.5, 0.6) is 0 Å². The fourth-order valence-corrected chi connectivity index (χ4v) is 0.643. The van der Waals surface area contributed by atoms with E-state index in [1.54, 1.807) is 6.21 Å². The quantitative estimate of drug-likeness (QED) is 0.315. The first kappa shape index (κ1) is 15.1. The number of nitrogens with zero attached hydrogens (tertiary/aromatic N) is 1. The monoisotopic (exact) mass is 289 g/mol. The van der Waals surface area contributed by atoms with Crippen molar-refractivity contribution >= 4 is 23.5 Å². The van der Waals surface area contributed by atoms with Crippen LogP contribution < -0.4 is 11.2 Å². The van der Waals surface area contributed by atoms with E-state index >= 15 is 0 Å². The molecule has 4 nitrogen and oxygen atoms in total. The Hall–Kier alpha value is -0.347. The number of hydrogen-bond donors (Lipinski definition) is 3. The van der Waals surface area contributed by atoms with Crippen molar-refractivity contribution in [2.24, 2.45) is 10.8 Å². The molecule has 0 aliphatic carbocycles. The number of H-pyrrole nitrogens is 1. The third-order valence-corrected chi connectivity index (χ3v) is 1.09. The van der Waals surface area contributed by atoms with Gasteiger partial charge in [0.15, 0.2) is 5.11 Å². The molecule has 4 N–H and O–H groups in total. The second kappa shape index (κ2) is 8.26. The molecular weight excluding hydrogens is 282 g/mol. The Morgan fingerprint density at radius 3 is 2.85 bits per heavy atom. The van der Waals surface area contributed by atoms with Crippen molar-refractivity contribution in [1.29, 1.82) is 0 Å². The van der Waals surface area contributed by atoms with E-state index in [4.69, 9.17) is 5.73 Å². The molecule has 7 heteroatoms. The molecule has 1 rings (SSSR count). The van der Waals surface area contributed by atoms with Crippen LogP contribution in [0.2, 0.25) is 0 Å². The summed E-state index contributed by atoms with van der Waals surface area (Å²) in [7, 11) is 0. The number of hydrazone groups is 1. The van der Waals surface area contributed by atoms with E-state index in [1.165, 1.54) is 0 Å². The summed E-state index contributed by atoms with van der Waals surface area (Å²) in [4.78, 5) is 2.94. The van der Waals surface area contributed by atoms with Gasteiger partial charge in [-0.25, -0.2) is 0 Å². The maximum atomic E-state index is 5.13. The van der Waals surface area contributed by atoms with Crippen LogP contribution in [0.3, 0.4) is 0 Å². The zero-order valence-corrected chi connectivity index (χ0v) is 9.11. The number of rotatable bonds is 2. The largest absolute Gasteiger partial charge is 2.00 e. The molecule has 0 aromatic carbocycles. The molecule has 0 saturated heterocycles. The Morgan fingerprint density at radius 2 is 2.38 bits per heavy atom. The fraction of sp³-hybridized carbons (Fsp3) is 0. The Balaban J connectivity index is 0. The van der Waals surface area contributed by atoms with Crippen LogP contribution in [0.25, 0.3) is 0 Å². The van der Waals surface area contributed by atoms with Crippen molar-refractivity contribution in [3.05, 3.63) is 24.0 Å². The number of aromatic amines is 1. The van der Waals surface area contributed by atoms with Crippen LogP contribution in [-0.4, -0.2) is 16.3 Å². The van der Waals surface area contributed by atoms with E-state index in [0.717, 1.165) is 5.69 Å². The van der Waals surface area contributed by atoms with Crippen LogP contribution >= 0.6 is 12.2 Å². The van der Waals surface area contributed by atoms with Crippen molar-refractivity contribution in [3.63, 3.8) is 0 Å². The number of hydrogen-bond acceptors (Lipinski definition) is 2. The van der Waals surface area contributed by atoms with E-state index in [0.29, 0.717) is 0 Å². The maximum Gasteiger partial charge on any atom is 2.00 e. The Labute approximate surface area is 102 Å². The second-order valence-corrected chi connectivity index (χ2v) is 2.30. The zero-order valence-electron chi connectivity index (χ0n) is 6.36. The summed E-state index contributed by atoms with van der Waals surface area (Å²) >= 11 is 4.53. The van der Waals surface area contributed by atoms with Crippen LogP contribution in [0.15, 0.2) is 23.4 Å². The van der Waals surface area contributed by atoms with Crippen LogP contribution in [-0.2, 0) is 33.6 Å². The number of aromatic nitrogens is 1. The van der Waals surface area contributed by atoms with Gasteiger partial charge in [0, 0.05) is 6.20 Å². The SMILES string of the molecule is NC(=S)N/N=C/c1ccc[nH]1.[Cu+2].[Ni+2]. The minimum Gasteiger partial charge on any atom is -0.375 e. The Kier molecular flexibility index (Phi) is 9.62. The third-order valence-electron chi connectivity index (χ3n) is 1.00. The Bertz CT molecular complexity index is 262. The predicted molar refractivity (Wildman–Crippen MR) is 48.3 cm³/mol. The normalized spacial score (nSPS) is 8.62. The average molecular weight is 290 g/mol. The molecule has 0 bridgehead atoms. The van der Waals surface area contributed by atoms with Crippen molar-refractivity contribution in [2.45, 2.75) is 0 Å². The smallest absolute Gasteiger partial charge is 0.375 e. The van der Waals surface area contributed by atoms with Gasteiger partial charge in [0.1, 0.15) is 0 Å². The van der Waals surface area contributed by atoms with E-state index in [2.05, 4.69) is 27.7 Å². The maximum absolute atomic E-state index is 5.13. The van der Waals surface area contributed by atoms with E-state index in [1.807, 2.05) is 18.3 Å². The van der Waals surface area contributed by atoms with Crippen LogP contribution in [0.1, 0.15) is 5.69 Å². The van der Waals surface area contributed by atoms with Crippen molar-refractivity contribution < 1.29 is 33.6 Å². The first-order valence-corrected chi connectivity index (χ1v) is 3.42. The molecule has 0 aliphatic heterocycles. The van der Waals surface area contributed by atoms with Gasteiger partial charge < -0.3 is 10.7 Å². The van der Waals surface area contributed by atoms with Gasteiger partial charge in [-0.05, 0) is 24.4 Å². The van der Waals surface area contributed by atoms with Crippen molar-refractivity contribution in [1.82, 2.24) is 10.4 Å². The molecule has 0 spiro atoms. The first-order chi connectivity index (χ1) is 5.29. The summed E-state index contributed by atoms with van der Waals surface area (Å²) < 4.78 is 0. The van der Waals surface area contributed by atoms with Crippen LogP contribution in [0.4, 0.5) is 0 Å². The van der Waals surface area contributed by atoms with Gasteiger partial charge in [0.2, 0.25) is 0 Å². The molecule has 75 valence electrons. The van der Waals surface area contributed by atoms with Crippen LogP contribution in [0, 0.1) is 0 Å².